The molecule has 0 unspecified atom stereocenters. The van der Waals surface area contributed by atoms with E-state index in [1.807, 2.05) is 24.3 Å². The van der Waals surface area contributed by atoms with Crippen molar-refractivity contribution in [3.63, 3.8) is 0 Å². The molecule has 0 radical (unpaired) electrons. The van der Waals surface area contributed by atoms with Crippen LogP contribution in [0.3, 0.4) is 0 Å². The van der Waals surface area contributed by atoms with E-state index in [0.717, 1.165) is 38.5 Å². The number of rotatable bonds is 6. The number of likely N-dealkylation sites (tertiary alicyclic amines) is 1. The van der Waals surface area contributed by atoms with Gasteiger partial charge in [0.2, 0.25) is 0 Å². The van der Waals surface area contributed by atoms with Gasteiger partial charge in [-0.25, -0.2) is 18.7 Å². The van der Waals surface area contributed by atoms with E-state index >= 15 is 0 Å². The Hall–Kier alpha value is -3.06. The second kappa shape index (κ2) is 8.96. The number of benzene rings is 2. The summed E-state index contributed by atoms with van der Waals surface area (Å²) >= 11 is 0. The lowest BCUT2D eigenvalue weighted by Crippen LogP contribution is -2.41. The summed E-state index contributed by atoms with van der Waals surface area (Å²) in [7, 11) is 0. The van der Waals surface area contributed by atoms with E-state index in [-0.39, 0.29) is 6.04 Å². The number of halogens is 2. The van der Waals surface area contributed by atoms with E-state index in [9.17, 15) is 8.78 Å². The molecule has 3 aromatic rings. The van der Waals surface area contributed by atoms with Gasteiger partial charge in [0.05, 0.1) is 0 Å². The molecular formula is C22H22F2N4O. The number of hydrogen-bond acceptors (Lipinski definition) is 5. The average Bonchev–Trinajstić information content (AvgIpc) is 2.73. The molecule has 7 heteroatoms. The first-order chi connectivity index (χ1) is 14.2. The fourth-order valence-corrected chi connectivity index (χ4v) is 3.50. The van der Waals surface area contributed by atoms with Crippen molar-refractivity contribution < 1.29 is 13.5 Å². The zero-order valence-electron chi connectivity index (χ0n) is 15.9. The van der Waals surface area contributed by atoms with Crippen molar-refractivity contribution >= 4 is 5.69 Å². The monoisotopic (exact) mass is 396 g/mol. The molecule has 0 bridgehead atoms. The first kappa shape index (κ1) is 19.3. The Balaban J connectivity index is 1.32. The first-order valence-corrected chi connectivity index (χ1v) is 9.63. The summed E-state index contributed by atoms with van der Waals surface area (Å²) in [4.78, 5) is 10.5. The van der Waals surface area contributed by atoms with E-state index < -0.39 is 11.6 Å². The van der Waals surface area contributed by atoms with Crippen LogP contribution in [0.15, 0.2) is 60.9 Å². The molecule has 1 fully saturated rings. The summed E-state index contributed by atoms with van der Waals surface area (Å²) in [5, 5.41) is 3.32. The second-order valence-corrected chi connectivity index (χ2v) is 7.12. The number of hydrogen-bond donors (Lipinski definition) is 1. The summed E-state index contributed by atoms with van der Waals surface area (Å²) in [5.41, 5.74) is 1.79. The lowest BCUT2D eigenvalue weighted by Gasteiger charge is -2.33. The van der Waals surface area contributed by atoms with Crippen LogP contribution in [-0.4, -0.2) is 34.0 Å². The van der Waals surface area contributed by atoms with E-state index in [1.165, 1.54) is 11.6 Å². The Morgan fingerprint density at radius 2 is 1.83 bits per heavy atom. The molecule has 1 N–H and O–H groups in total. The van der Waals surface area contributed by atoms with Gasteiger partial charge in [-0.3, -0.25) is 4.90 Å². The Morgan fingerprint density at radius 1 is 1.03 bits per heavy atom. The quantitative estimate of drug-likeness (QED) is 0.659. The molecular weight excluding hydrogens is 374 g/mol. The van der Waals surface area contributed by atoms with Gasteiger partial charge in [-0.1, -0.05) is 12.1 Å². The van der Waals surface area contributed by atoms with Gasteiger partial charge in [-0.2, -0.15) is 0 Å². The predicted octanol–water partition coefficient (Wildman–Crippen LogP) is 4.62. The van der Waals surface area contributed by atoms with Crippen molar-refractivity contribution in [1.82, 2.24) is 14.9 Å². The highest BCUT2D eigenvalue weighted by Gasteiger charge is 2.20. The molecule has 150 valence electrons. The van der Waals surface area contributed by atoms with Gasteiger partial charge < -0.3 is 10.1 Å². The molecule has 4 rings (SSSR count). The van der Waals surface area contributed by atoms with Gasteiger partial charge in [-0.05, 0) is 55.3 Å². The van der Waals surface area contributed by atoms with Crippen molar-refractivity contribution in [3.05, 3.63) is 78.1 Å². The zero-order chi connectivity index (χ0) is 20.1. The molecule has 1 aromatic heterocycles. The van der Waals surface area contributed by atoms with E-state index in [2.05, 4.69) is 20.2 Å². The zero-order valence-corrected chi connectivity index (χ0v) is 15.9. The van der Waals surface area contributed by atoms with Crippen LogP contribution in [0.25, 0.3) is 0 Å². The highest BCUT2D eigenvalue weighted by atomic mass is 19.2. The molecule has 2 aromatic carbocycles. The van der Waals surface area contributed by atoms with Crippen LogP contribution in [0.2, 0.25) is 0 Å². The maximum atomic E-state index is 13.4. The predicted molar refractivity (Wildman–Crippen MR) is 107 cm³/mol. The third-order valence-electron chi connectivity index (χ3n) is 4.88. The van der Waals surface area contributed by atoms with Gasteiger partial charge in [0.1, 0.15) is 5.75 Å². The lowest BCUT2D eigenvalue weighted by atomic mass is 10.0. The van der Waals surface area contributed by atoms with Crippen molar-refractivity contribution in [2.45, 2.75) is 25.4 Å². The van der Waals surface area contributed by atoms with Crippen LogP contribution >= 0.6 is 0 Å². The standard InChI is InChI=1S/C22H22F2N4O/c23-20-9-6-17(13-21(20)24)27-18-3-1-12-28(15-18)14-16-4-7-19(8-5-16)29-22-25-10-2-11-26-22/h2,4-11,13,18,27H,1,3,12,14-15H2/t18-/m1/s1. The molecule has 2 heterocycles. The Morgan fingerprint density at radius 3 is 2.59 bits per heavy atom. The highest BCUT2D eigenvalue weighted by Crippen LogP contribution is 2.22. The summed E-state index contributed by atoms with van der Waals surface area (Å²) in [6, 6.07) is 14.1. The molecule has 1 saturated heterocycles. The summed E-state index contributed by atoms with van der Waals surface area (Å²) in [6.45, 7) is 2.67. The first-order valence-electron chi connectivity index (χ1n) is 9.63. The van der Waals surface area contributed by atoms with Crippen LogP contribution in [0.5, 0.6) is 11.8 Å². The molecule has 0 saturated carbocycles. The number of nitrogens with one attached hydrogen (secondary N) is 1. The fourth-order valence-electron chi connectivity index (χ4n) is 3.50. The number of piperidine rings is 1. The van der Waals surface area contributed by atoms with Crippen molar-refractivity contribution in [1.29, 1.82) is 0 Å². The minimum absolute atomic E-state index is 0.200. The Kier molecular flexibility index (Phi) is 5.95. The number of nitrogens with zero attached hydrogens (tertiary/aromatic N) is 3. The summed E-state index contributed by atoms with van der Waals surface area (Å²) in [5.74, 6) is -0.963. The summed E-state index contributed by atoms with van der Waals surface area (Å²) in [6.07, 6.45) is 5.32. The Labute approximate surface area is 168 Å². The maximum Gasteiger partial charge on any atom is 0.321 e. The van der Waals surface area contributed by atoms with Gasteiger partial charge in [-0.15, -0.1) is 0 Å². The van der Waals surface area contributed by atoms with Crippen LogP contribution in [-0.2, 0) is 6.54 Å². The number of anilines is 1. The van der Waals surface area contributed by atoms with Gasteiger partial charge in [0, 0.05) is 43.3 Å². The molecule has 1 aliphatic heterocycles. The largest absolute Gasteiger partial charge is 0.424 e. The molecule has 0 amide bonds. The normalized spacial score (nSPS) is 17.1. The van der Waals surface area contributed by atoms with Crippen LogP contribution < -0.4 is 10.1 Å². The van der Waals surface area contributed by atoms with Crippen LogP contribution in [0, 0.1) is 11.6 Å². The van der Waals surface area contributed by atoms with Gasteiger partial charge >= 0.3 is 6.01 Å². The molecule has 1 atom stereocenters. The molecule has 29 heavy (non-hydrogen) atoms. The molecule has 1 aliphatic rings. The second-order valence-electron chi connectivity index (χ2n) is 7.12. The van der Waals surface area contributed by atoms with Crippen molar-refractivity contribution in [2.75, 3.05) is 18.4 Å². The van der Waals surface area contributed by atoms with Gasteiger partial charge in [0.15, 0.2) is 11.6 Å². The fraction of sp³-hybridized carbons (Fsp3) is 0.273. The smallest absolute Gasteiger partial charge is 0.321 e. The minimum Gasteiger partial charge on any atom is -0.424 e. The third kappa shape index (κ3) is 5.26. The average molecular weight is 396 g/mol. The molecule has 5 nitrogen and oxygen atoms in total. The molecule has 0 aliphatic carbocycles. The SMILES string of the molecule is Fc1ccc(N[C@@H]2CCCN(Cc3ccc(Oc4ncccn4)cc3)C2)cc1F. The van der Waals surface area contributed by atoms with E-state index in [0.29, 0.717) is 17.4 Å². The number of ether oxygens (including phenoxy) is 1. The summed E-state index contributed by atoms with van der Waals surface area (Å²) < 4.78 is 32.2. The van der Waals surface area contributed by atoms with Crippen molar-refractivity contribution in [3.8, 4) is 11.8 Å². The van der Waals surface area contributed by atoms with Crippen LogP contribution in [0.1, 0.15) is 18.4 Å². The maximum absolute atomic E-state index is 13.4. The number of aromatic nitrogens is 2. The minimum atomic E-state index is -0.828. The Bertz CT molecular complexity index is 937. The van der Waals surface area contributed by atoms with Crippen LogP contribution in [0.4, 0.5) is 14.5 Å². The van der Waals surface area contributed by atoms with Crippen molar-refractivity contribution in [2.24, 2.45) is 0 Å². The topological polar surface area (TPSA) is 50.3 Å². The molecule has 0 spiro atoms. The highest BCUT2D eigenvalue weighted by molar-refractivity contribution is 5.44. The lowest BCUT2D eigenvalue weighted by molar-refractivity contribution is 0.208. The van der Waals surface area contributed by atoms with Gasteiger partial charge in [0.25, 0.3) is 0 Å². The third-order valence-corrected chi connectivity index (χ3v) is 4.88. The van der Waals surface area contributed by atoms with E-state index in [1.54, 1.807) is 24.5 Å². The van der Waals surface area contributed by atoms with E-state index in [4.69, 9.17) is 4.74 Å².